The van der Waals surface area contributed by atoms with Crippen molar-refractivity contribution in [2.75, 3.05) is 0 Å². The van der Waals surface area contributed by atoms with Crippen molar-refractivity contribution in [3.8, 4) is 0 Å². The van der Waals surface area contributed by atoms with E-state index in [0.29, 0.717) is 10.8 Å². The van der Waals surface area contributed by atoms with Crippen LogP contribution in [0.2, 0.25) is 0 Å². The van der Waals surface area contributed by atoms with Crippen LogP contribution < -0.4 is 0 Å². The van der Waals surface area contributed by atoms with Crippen molar-refractivity contribution in [1.29, 1.82) is 0 Å². The monoisotopic (exact) mass is 205 g/mol. The quantitative estimate of drug-likeness (QED) is 0.500. The summed E-state index contributed by atoms with van der Waals surface area (Å²) in [5.41, 5.74) is 2.59. The highest BCUT2D eigenvalue weighted by molar-refractivity contribution is 5.16. The van der Waals surface area contributed by atoms with Gasteiger partial charge in [-0.25, -0.2) is 0 Å². The molecule has 1 radical (unpaired) electrons. The fourth-order valence-corrected chi connectivity index (χ4v) is 3.68. The molecule has 0 heterocycles. The Morgan fingerprint density at radius 3 is 2.60 bits per heavy atom. The van der Waals surface area contributed by atoms with Crippen molar-refractivity contribution in [2.45, 2.75) is 59.8 Å². The van der Waals surface area contributed by atoms with Crippen molar-refractivity contribution in [3.63, 3.8) is 0 Å². The molecular formula is C15H25. The molecule has 0 N–H and O–H groups in total. The third kappa shape index (κ3) is 2.14. The average molecular weight is 205 g/mol. The van der Waals surface area contributed by atoms with Gasteiger partial charge < -0.3 is 0 Å². The molecule has 1 saturated carbocycles. The van der Waals surface area contributed by atoms with Crippen LogP contribution in [0.15, 0.2) is 11.6 Å². The molecule has 2 rings (SSSR count). The molecule has 0 nitrogen and oxygen atoms in total. The van der Waals surface area contributed by atoms with Crippen molar-refractivity contribution in [3.05, 3.63) is 18.1 Å². The van der Waals surface area contributed by atoms with Crippen LogP contribution in [-0.2, 0) is 0 Å². The van der Waals surface area contributed by atoms with E-state index in [9.17, 15) is 0 Å². The first-order chi connectivity index (χ1) is 6.94. The van der Waals surface area contributed by atoms with Crippen molar-refractivity contribution < 1.29 is 0 Å². The van der Waals surface area contributed by atoms with Gasteiger partial charge in [-0.2, -0.15) is 0 Å². The van der Waals surface area contributed by atoms with E-state index < -0.39 is 0 Å². The van der Waals surface area contributed by atoms with Gasteiger partial charge in [0.05, 0.1) is 0 Å². The summed E-state index contributed by atoms with van der Waals surface area (Å²) in [4.78, 5) is 0. The first-order valence-electron chi connectivity index (χ1n) is 6.46. The van der Waals surface area contributed by atoms with Crippen LogP contribution in [0.4, 0.5) is 0 Å². The second kappa shape index (κ2) is 3.64. The molecular weight excluding hydrogens is 180 g/mol. The van der Waals surface area contributed by atoms with Gasteiger partial charge in [0.1, 0.15) is 0 Å². The molecule has 2 unspecified atom stereocenters. The molecule has 0 bridgehead atoms. The van der Waals surface area contributed by atoms with Crippen LogP contribution >= 0.6 is 0 Å². The van der Waals surface area contributed by atoms with Gasteiger partial charge in [0.25, 0.3) is 0 Å². The van der Waals surface area contributed by atoms with Gasteiger partial charge in [0.2, 0.25) is 0 Å². The zero-order valence-corrected chi connectivity index (χ0v) is 10.8. The fraction of sp³-hybridized carbons (Fsp3) is 0.800. The third-order valence-electron chi connectivity index (χ3n) is 4.58. The second-order valence-electron chi connectivity index (χ2n) is 6.58. The standard InChI is InChI=1S/C15H25/c1-12-6-9-15(13(2)10-12)8-5-7-14(3,4)11-15/h6,11,13H,5,7-10H2,1-4H3. The zero-order chi connectivity index (χ0) is 11.1. The molecule has 0 aliphatic heterocycles. The maximum atomic E-state index is 2.69. The van der Waals surface area contributed by atoms with Crippen molar-refractivity contribution in [2.24, 2.45) is 16.7 Å². The molecule has 2 aliphatic rings. The maximum absolute atomic E-state index is 2.69. The summed E-state index contributed by atoms with van der Waals surface area (Å²) in [7, 11) is 0. The highest BCUT2D eigenvalue weighted by Gasteiger charge is 2.44. The largest absolute Gasteiger partial charge is 0.0850 e. The molecule has 0 aromatic heterocycles. The fourth-order valence-electron chi connectivity index (χ4n) is 3.68. The molecule has 2 atom stereocenters. The molecule has 15 heavy (non-hydrogen) atoms. The molecule has 0 amide bonds. The third-order valence-corrected chi connectivity index (χ3v) is 4.58. The summed E-state index contributed by atoms with van der Waals surface area (Å²) in [5, 5.41) is 0. The zero-order valence-electron chi connectivity index (χ0n) is 10.8. The summed E-state index contributed by atoms with van der Waals surface area (Å²) >= 11 is 0. The first kappa shape index (κ1) is 11.2. The summed E-state index contributed by atoms with van der Waals surface area (Å²) < 4.78 is 0. The van der Waals surface area contributed by atoms with Gasteiger partial charge in [-0.15, -0.1) is 0 Å². The van der Waals surface area contributed by atoms with E-state index in [-0.39, 0.29) is 0 Å². The van der Waals surface area contributed by atoms with Crippen LogP contribution in [0.1, 0.15) is 59.8 Å². The van der Waals surface area contributed by atoms with Crippen LogP contribution in [0, 0.1) is 23.2 Å². The lowest BCUT2D eigenvalue weighted by Crippen LogP contribution is -2.40. The summed E-state index contributed by atoms with van der Waals surface area (Å²) in [6.07, 6.45) is 12.0. The van der Waals surface area contributed by atoms with Gasteiger partial charge in [-0.3, -0.25) is 0 Å². The summed E-state index contributed by atoms with van der Waals surface area (Å²) in [6.45, 7) is 9.56. The van der Waals surface area contributed by atoms with Gasteiger partial charge in [-0.1, -0.05) is 38.8 Å². The molecule has 1 spiro atoms. The Kier molecular flexibility index (Phi) is 2.73. The van der Waals surface area contributed by atoms with E-state index in [0.717, 1.165) is 5.92 Å². The van der Waals surface area contributed by atoms with Crippen molar-refractivity contribution in [1.82, 2.24) is 0 Å². The van der Waals surface area contributed by atoms with E-state index in [2.05, 4.69) is 40.2 Å². The van der Waals surface area contributed by atoms with E-state index in [1.165, 1.54) is 32.1 Å². The van der Waals surface area contributed by atoms with Crippen molar-refractivity contribution >= 4 is 0 Å². The SMILES string of the molecule is CC1=CCC2([CH]C(C)(C)CCC2)C(C)C1. The minimum atomic E-state index is 0.464. The number of hydrogen-bond donors (Lipinski definition) is 0. The second-order valence-corrected chi connectivity index (χ2v) is 6.58. The van der Waals surface area contributed by atoms with Gasteiger partial charge in [0, 0.05) is 0 Å². The Bertz CT molecular complexity index is 272. The Morgan fingerprint density at radius 2 is 2.00 bits per heavy atom. The smallest absolute Gasteiger partial charge is 0.0198 e. The number of allylic oxidation sites excluding steroid dienone is 2. The molecule has 1 fully saturated rings. The Morgan fingerprint density at radius 1 is 1.27 bits per heavy atom. The average Bonchev–Trinajstić information content (AvgIpc) is 2.11. The lowest BCUT2D eigenvalue weighted by atomic mass is 9.55. The molecule has 0 aromatic carbocycles. The van der Waals surface area contributed by atoms with E-state index in [1.54, 1.807) is 5.57 Å². The van der Waals surface area contributed by atoms with Crippen LogP contribution in [0.5, 0.6) is 0 Å². The topological polar surface area (TPSA) is 0 Å². The predicted octanol–water partition coefficient (Wildman–Crippen LogP) is 4.76. The number of rotatable bonds is 0. The normalized spacial score (nSPS) is 40.3. The first-order valence-corrected chi connectivity index (χ1v) is 6.46. The molecule has 85 valence electrons. The van der Waals surface area contributed by atoms with E-state index in [4.69, 9.17) is 0 Å². The van der Waals surface area contributed by atoms with Crippen LogP contribution in [-0.4, -0.2) is 0 Å². The lowest BCUT2D eigenvalue weighted by molar-refractivity contribution is 0.103. The van der Waals surface area contributed by atoms with Gasteiger partial charge in [0.15, 0.2) is 0 Å². The molecule has 2 aliphatic carbocycles. The van der Waals surface area contributed by atoms with Crippen LogP contribution in [0.3, 0.4) is 0 Å². The Labute approximate surface area is 95.1 Å². The molecule has 0 aromatic rings. The highest BCUT2D eigenvalue weighted by Crippen LogP contribution is 2.54. The summed E-state index contributed by atoms with van der Waals surface area (Å²) in [5.74, 6) is 0.849. The molecule has 0 saturated heterocycles. The number of hydrogen-bond acceptors (Lipinski definition) is 0. The molecule has 0 heteroatoms. The minimum absolute atomic E-state index is 0.464. The minimum Gasteiger partial charge on any atom is -0.0850 e. The van der Waals surface area contributed by atoms with Gasteiger partial charge >= 0.3 is 0 Å². The van der Waals surface area contributed by atoms with E-state index in [1.807, 2.05) is 0 Å². The highest BCUT2D eigenvalue weighted by atomic mass is 14.5. The Hall–Kier alpha value is -0.260. The predicted molar refractivity (Wildman–Crippen MR) is 66.5 cm³/mol. The van der Waals surface area contributed by atoms with Gasteiger partial charge in [-0.05, 0) is 55.8 Å². The van der Waals surface area contributed by atoms with E-state index >= 15 is 0 Å². The van der Waals surface area contributed by atoms with Crippen LogP contribution in [0.25, 0.3) is 0 Å². The summed E-state index contributed by atoms with van der Waals surface area (Å²) in [6, 6.07) is 0. The maximum Gasteiger partial charge on any atom is -0.0198 e. The lowest BCUT2D eigenvalue weighted by Gasteiger charge is -2.50. The Balaban J connectivity index is 2.19.